The first-order valence-electron chi connectivity index (χ1n) is 10.9. The standard InChI is InChI=1S/C27H22F2N4O/c1-17-22(23-13-21(29)11-12-24(23)31-17)14-25(34)32-27-26(19-7-9-20(28)10-8-19)30-16-33(27)15-18-5-3-2-4-6-18/h2-13,16,31H,14-15H2,1H3,(H,32,34). The molecule has 0 aliphatic heterocycles. The molecule has 2 aromatic heterocycles. The molecule has 0 fully saturated rings. The molecule has 0 unspecified atom stereocenters. The van der Waals surface area contributed by atoms with E-state index in [9.17, 15) is 13.6 Å². The zero-order valence-corrected chi connectivity index (χ0v) is 18.5. The van der Waals surface area contributed by atoms with Crippen molar-refractivity contribution in [3.63, 3.8) is 0 Å². The van der Waals surface area contributed by atoms with Crippen molar-refractivity contribution in [2.24, 2.45) is 0 Å². The molecule has 5 nitrogen and oxygen atoms in total. The molecule has 0 atom stereocenters. The van der Waals surface area contributed by atoms with E-state index in [0.717, 1.165) is 22.3 Å². The molecule has 170 valence electrons. The minimum Gasteiger partial charge on any atom is -0.358 e. The summed E-state index contributed by atoms with van der Waals surface area (Å²) >= 11 is 0. The summed E-state index contributed by atoms with van der Waals surface area (Å²) in [6.45, 7) is 2.37. The van der Waals surface area contributed by atoms with E-state index in [1.165, 1.54) is 24.3 Å². The van der Waals surface area contributed by atoms with Crippen LogP contribution in [-0.4, -0.2) is 20.4 Å². The van der Waals surface area contributed by atoms with E-state index in [1.54, 1.807) is 24.5 Å². The number of fused-ring (bicyclic) bond motifs is 1. The minimum absolute atomic E-state index is 0.0641. The highest BCUT2D eigenvalue weighted by Gasteiger charge is 2.19. The molecule has 0 aliphatic rings. The van der Waals surface area contributed by atoms with E-state index < -0.39 is 0 Å². The highest BCUT2D eigenvalue weighted by atomic mass is 19.1. The highest BCUT2D eigenvalue weighted by molar-refractivity contribution is 5.98. The number of amides is 1. The van der Waals surface area contributed by atoms with Gasteiger partial charge < -0.3 is 14.9 Å². The van der Waals surface area contributed by atoms with Crippen molar-refractivity contribution >= 4 is 22.6 Å². The van der Waals surface area contributed by atoms with Crippen LogP contribution in [-0.2, 0) is 17.8 Å². The van der Waals surface area contributed by atoms with Crippen LogP contribution < -0.4 is 5.32 Å². The third-order valence-corrected chi connectivity index (χ3v) is 5.83. The maximum atomic E-state index is 13.8. The first-order chi connectivity index (χ1) is 16.5. The topological polar surface area (TPSA) is 62.7 Å². The molecule has 1 amide bonds. The summed E-state index contributed by atoms with van der Waals surface area (Å²) in [6, 6.07) is 20.3. The van der Waals surface area contributed by atoms with E-state index in [1.807, 2.05) is 41.8 Å². The van der Waals surface area contributed by atoms with Crippen LogP contribution in [0.2, 0.25) is 0 Å². The normalized spacial score (nSPS) is 11.1. The smallest absolute Gasteiger partial charge is 0.230 e. The first-order valence-corrected chi connectivity index (χ1v) is 10.9. The molecule has 0 spiro atoms. The molecular formula is C27H22F2N4O. The highest BCUT2D eigenvalue weighted by Crippen LogP contribution is 2.29. The fraction of sp³-hybridized carbons (Fsp3) is 0.111. The Bertz CT molecular complexity index is 1470. The Morgan fingerprint density at radius 1 is 1.00 bits per heavy atom. The number of hydrogen-bond donors (Lipinski definition) is 2. The lowest BCUT2D eigenvalue weighted by atomic mass is 10.1. The average molecular weight is 456 g/mol. The Hall–Kier alpha value is -4.26. The average Bonchev–Trinajstić information content (AvgIpc) is 3.35. The number of H-pyrrole nitrogens is 1. The number of rotatable bonds is 6. The van der Waals surface area contributed by atoms with Gasteiger partial charge in [0, 0.05) is 22.2 Å². The van der Waals surface area contributed by atoms with Gasteiger partial charge in [-0.15, -0.1) is 0 Å². The molecule has 7 heteroatoms. The van der Waals surface area contributed by atoms with Gasteiger partial charge >= 0.3 is 0 Å². The molecule has 0 saturated carbocycles. The number of aromatic amines is 1. The number of imidazole rings is 1. The van der Waals surface area contributed by atoms with Gasteiger partial charge in [-0.1, -0.05) is 30.3 Å². The van der Waals surface area contributed by atoms with E-state index in [4.69, 9.17) is 0 Å². The van der Waals surface area contributed by atoms with E-state index in [2.05, 4.69) is 15.3 Å². The summed E-state index contributed by atoms with van der Waals surface area (Å²) < 4.78 is 29.2. The van der Waals surface area contributed by atoms with Crippen molar-refractivity contribution in [1.82, 2.24) is 14.5 Å². The number of anilines is 1. The predicted octanol–water partition coefficient (Wildman–Crippen LogP) is 5.85. The van der Waals surface area contributed by atoms with Crippen molar-refractivity contribution in [3.05, 3.63) is 108 Å². The van der Waals surface area contributed by atoms with Gasteiger partial charge in [0.1, 0.15) is 23.1 Å². The van der Waals surface area contributed by atoms with Crippen molar-refractivity contribution < 1.29 is 13.6 Å². The van der Waals surface area contributed by atoms with Gasteiger partial charge in [0.25, 0.3) is 0 Å². The summed E-state index contributed by atoms with van der Waals surface area (Å²) in [5.41, 5.74) is 4.61. The number of hydrogen-bond acceptors (Lipinski definition) is 2. The number of aryl methyl sites for hydroxylation is 1. The Morgan fingerprint density at radius 3 is 2.50 bits per heavy atom. The largest absolute Gasteiger partial charge is 0.358 e. The van der Waals surface area contributed by atoms with Gasteiger partial charge in [0.2, 0.25) is 5.91 Å². The van der Waals surface area contributed by atoms with Gasteiger partial charge in [-0.25, -0.2) is 13.8 Å². The maximum Gasteiger partial charge on any atom is 0.230 e. The Balaban J connectivity index is 1.48. The molecule has 0 bridgehead atoms. The van der Waals surface area contributed by atoms with Crippen LogP contribution in [0.1, 0.15) is 16.8 Å². The van der Waals surface area contributed by atoms with Crippen LogP contribution in [0.3, 0.4) is 0 Å². The lowest BCUT2D eigenvalue weighted by molar-refractivity contribution is -0.115. The molecule has 2 N–H and O–H groups in total. The SMILES string of the molecule is Cc1[nH]c2ccc(F)cc2c1CC(=O)Nc1c(-c2ccc(F)cc2)ncn1Cc1ccccc1. The number of aromatic nitrogens is 3. The van der Waals surface area contributed by atoms with Crippen LogP contribution in [0.4, 0.5) is 14.6 Å². The molecule has 0 aliphatic carbocycles. The third kappa shape index (κ3) is 4.32. The molecule has 0 saturated heterocycles. The number of halogens is 2. The lowest BCUT2D eigenvalue weighted by Gasteiger charge is -2.12. The van der Waals surface area contributed by atoms with Crippen molar-refractivity contribution in [2.45, 2.75) is 19.9 Å². The van der Waals surface area contributed by atoms with Crippen molar-refractivity contribution in [1.29, 1.82) is 0 Å². The maximum absolute atomic E-state index is 13.8. The summed E-state index contributed by atoms with van der Waals surface area (Å²) in [5, 5.41) is 3.68. The summed E-state index contributed by atoms with van der Waals surface area (Å²) in [4.78, 5) is 20.9. The third-order valence-electron chi connectivity index (χ3n) is 5.83. The van der Waals surface area contributed by atoms with Crippen LogP contribution in [0.25, 0.3) is 22.2 Å². The molecule has 2 heterocycles. The number of nitrogens with one attached hydrogen (secondary N) is 2. The summed E-state index contributed by atoms with van der Waals surface area (Å²) in [5.74, 6) is -0.441. The Morgan fingerprint density at radius 2 is 1.74 bits per heavy atom. The van der Waals surface area contributed by atoms with E-state index in [0.29, 0.717) is 29.0 Å². The fourth-order valence-electron chi connectivity index (χ4n) is 4.15. The Labute approximate surface area is 195 Å². The quantitative estimate of drug-likeness (QED) is 0.337. The second kappa shape index (κ2) is 8.94. The fourth-order valence-corrected chi connectivity index (χ4v) is 4.15. The van der Waals surface area contributed by atoms with E-state index >= 15 is 0 Å². The van der Waals surface area contributed by atoms with Gasteiger partial charge in [-0.05, 0) is 60.5 Å². The molecule has 0 radical (unpaired) electrons. The second-order valence-corrected chi connectivity index (χ2v) is 8.21. The van der Waals surface area contributed by atoms with Gasteiger partial charge in [0.05, 0.1) is 19.3 Å². The number of benzene rings is 3. The zero-order chi connectivity index (χ0) is 23.7. The van der Waals surface area contributed by atoms with Crippen LogP contribution >= 0.6 is 0 Å². The van der Waals surface area contributed by atoms with E-state index in [-0.39, 0.29) is 24.0 Å². The molecule has 3 aromatic carbocycles. The second-order valence-electron chi connectivity index (χ2n) is 8.21. The summed E-state index contributed by atoms with van der Waals surface area (Å²) in [7, 11) is 0. The first kappa shape index (κ1) is 21.6. The van der Waals surface area contributed by atoms with Crippen molar-refractivity contribution in [2.75, 3.05) is 5.32 Å². The van der Waals surface area contributed by atoms with Crippen molar-refractivity contribution in [3.8, 4) is 11.3 Å². The monoisotopic (exact) mass is 456 g/mol. The zero-order valence-electron chi connectivity index (χ0n) is 18.5. The Kier molecular flexibility index (Phi) is 5.67. The van der Waals surface area contributed by atoms with Crippen LogP contribution in [0.15, 0.2) is 79.1 Å². The molecular weight excluding hydrogens is 434 g/mol. The molecule has 5 aromatic rings. The summed E-state index contributed by atoms with van der Waals surface area (Å²) in [6.07, 6.45) is 1.72. The van der Waals surface area contributed by atoms with Crippen LogP contribution in [0, 0.1) is 18.6 Å². The molecule has 34 heavy (non-hydrogen) atoms. The minimum atomic E-state index is -0.354. The lowest BCUT2D eigenvalue weighted by Crippen LogP contribution is -2.18. The van der Waals surface area contributed by atoms with Gasteiger partial charge in [-0.2, -0.15) is 0 Å². The number of nitrogens with zero attached hydrogens (tertiary/aromatic N) is 2. The molecule has 5 rings (SSSR count). The predicted molar refractivity (Wildman–Crippen MR) is 128 cm³/mol. The number of carbonyl (C=O) groups is 1. The van der Waals surface area contributed by atoms with Crippen LogP contribution in [0.5, 0.6) is 0 Å². The number of carbonyl (C=O) groups excluding carboxylic acids is 1. The van der Waals surface area contributed by atoms with Gasteiger partial charge in [-0.3, -0.25) is 4.79 Å². The van der Waals surface area contributed by atoms with Gasteiger partial charge in [0.15, 0.2) is 0 Å².